The van der Waals surface area contributed by atoms with Crippen LogP contribution in [0.2, 0.25) is 0 Å². The van der Waals surface area contributed by atoms with E-state index in [2.05, 4.69) is 10.3 Å². The van der Waals surface area contributed by atoms with E-state index in [-0.39, 0.29) is 22.6 Å². The van der Waals surface area contributed by atoms with Gasteiger partial charge in [0.2, 0.25) is 15.9 Å². The average Bonchev–Trinajstić information content (AvgIpc) is 3.52. The topological polar surface area (TPSA) is 79.4 Å². The molecule has 2 aromatic heterocycles. The normalized spacial score (nSPS) is 15.5. The van der Waals surface area contributed by atoms with Gasteiger partial charge >= 0.3 is 0 Å². The highest BCUT2D eigenvalue weighted by Crippen LogP contribution is 2.27. The van der Waals surface area contributed by atoms with Crippen LogP contribution in [0.15, 0.2) is 70.0 Å². The van der Waals surface area contributed by atoms with Gasteiger partial charge < -0.3 is 5.32 Å². The lowest BCUT2D eigenvalue weighted by molar-refractivity contribution is -0.119. The highest BCUT2D eigenvalue weighted by atomic mass is 32.2. The molecule has 0 spiro atoms. The molecule has 32 heavy (non-hydrogen) atoms. The maximum atomic E-state index is 12.7. The Balaban J connectivity index is 1.39. The Morgan fingerprint density at radius 2 is 1.91 bits per heavy atom. The van der Waals surface area contributed by atoms with Crippen molar-refractivity contribution in [2.24, 2.45) is 0 Å². The number of hydrogen-bond donors (Lipinski definition) is 1. The van der Waals surface area contributed by atoms with Gasteiger partial charge in [0.1, 0.15) is 4.90 Å². The van der Waals surface area contributed by atoms with Gasteiger partial charge in [-0.1, -0.05) is 47.7 Å². The summed E-state index contributed by atoms with van der Waals surface area (Å²) >= 11 is 2.89. The lowest BCUT2D eigenvalue weighted by Crippen LogP contribution is -2.30. The van der Waals surface area contributed by atoms with Crippen LogP contribution < -0.4 is 5.32 Å². The third-order valence-electron chi connectivity index (χ3n) is 5.31. The second-order valence-corrected chi connectivity index (χ2v) is 11.6. The number of nitrogens with one attached hydrogen (secondary N) is 1. The first kappa shape index (κ1) is 23.0. The molecule has 1 fully saturated rings. The summed E-state index contributed by atoms with van der Waals surface area (Å²) in [7, 11) is -3.48. The van der Waals surface area contributed by atoms with E-state index in [1.807, 2.05) is 48.7 Å². The minimum absolute atomic E-state index is 0.107. The van der Waals surface area contributed by atoms with Crippen molar-refractivity contribution >= 4 is 39.0 Å². The first-order chi connectivity index (χ1) is 15.4. The lowest BCUT2D eigenvalue weighted by atomic mass is 10.0. The van der Waals surface area contributed by atoms with Crippen LogP contribution in [0.1, 0.15) is 34.9 Å². The molecule has 9 heteroatoms. The maximum Gasteiger partial charge on any atom is 0.244 e. The second-order valence-electron chi connectivity index (χ2n) is 7.66. The van der Waals surface area contributed by atoms with Crippen molar-refractivity contribution < 1.29 is 13.2 Å². The van der Waals surface area contributed by atoms with E-state index in [9.17, 15) is 13.2 Å². The molecule has 0 saturated carbocycles. The number of thioether (sulfide) groups is 1. The standard InChI is InChI=1S/C23H25N3O3S3/c1-17-6-8-18(9-7-17)23(20-5-4-14-30-20)25-21(27)16-31-22-11-10-19(15-24-22)32(28,29)26-12-2-3-13-26/h4-11,14-15,23H,2-3,12-13,16H2,1H3,(H,25,27)/t23-/m1/s1. The van der Waals surface area contributed by atoms with Gasteiger partial charge in [-0.05, 0) is 48.9 Å². The number of thiophene rings is 1. The van der Waals surface area contributed by atoms with Crippen molar-refractivity contribution in [3.05, 3.63) is 76.1 Å². The molecule has 1 aliphatic rings. The minimum Gasteiger partial charge on any atom is -0.344 e. The second kappa shape index (κ2) is 10.2. The van der Waals surface area contributed by atoms with E-state index in [1.165, 1.54) is 27.8 Å². The minimum atomic E-state index is -3.48. The number of benzene rings is 1. The number of sulfonamides is 1. The van der Waals surface area contributed by atoms with Crippen molar-refractivity contribution in [3.63, 3.8) is 0 Å². The average molecular weight is 488 g/mol. The van der Waals surface area contributed by atoms with Crippen LogP contribution in [-0.2, 0) is 14.8 Å². The molecule has 0 bridgehead atoms. The van der Waals surface area contributed by atoms with Crippen molar-refractivity contribution in [2.45, 2.75) is 35.7 Å². The summed E-state index contributed by atoms with van der Waals surface area (Å²) < 4.78 is 26.7. The molecule has 1 saturated heterocycles. The number of carbonyl (C=O) groups excluding carboxylic acids is 1. The third kappa shape index (κ3) is 5.40. The van der Waals surface area contributed by atoms with Gasteiger partial charge in [-0.15, -0.1) is 11.3 Å². The zero-order valence-corrected chi connectivity index (χ0v) is 20.2. The Morgan fingerprint density at radius 1 is 1.16 bits per heavy atom. The summed E-state index contributed by atoms with van der Waals surface area (Å²) in [6.07, 6.45) is 3.17. The molecule has 0 unspecified atom stereocenters. The molecule has 3 heterocycles. The number of nitrogens with zero attached hydrogens (tertiary/aromatic N) is 2. The summed E-state index contributed by atoms with van der Waals surface area (Å²) in [5.41, 5.74) is 2.20. The van der Waals surface area contributed by atoms with Crippen molar-refractivity contribution in [1.82, 2.24) is 14.6 Å². The van der Waals surface area contributed by atoms with Gasteiger partial charge in [0, 0.05) is 24.2 Å². The molecule has 0 aliphatic carbocycles. The van der Waals surface area contributed by atoms with E-state index in [1.54, 1.807) is 23.5 Å². The summed E-state index contributed by atoms with van der Waals surface area (Å²) in [5, 5.41) is 5.73. The van der Waals surface area contributed by atoms with Crippen molar-refractivity contribution in [2.75, 3.05) is 18.8 Å². The Bertz CT molecular complexity index is 1140. The Hall–Kier alpha value is -2.20. The smallest absolute Gasteiger partial charge is 0.244 e. The van der Waals surface area contributed by atoms with E-state index in [4.69, 9.17) is 0 Å². The molecule has 1 N–H and O–H groups in total. The summed E-state index contributed by atoms with van der Waals surface area (Å²) in [6, 6.07) is 15.2. The summed E-state index contributed by atoms with van der Waals surface area (Å²) in [5.74, 6) is 0.0865. The fourth-order valence-corrected chi connectivity index (χ4v) is 6.48. The number of rotatable bonds is 8. The SMILES string of the molecule is Cc1ccc([C@@H](NC(=O)CSc2ccc(S(=O)(=O)N3CCCC3)cn2)c2cccs2)cc1. The molecule has 4 rings (SSSR count). The molecular formula is C23H25N3O3S3. The first-order valence-corrected chi connectivity index (χ1v) is 13.7. The number of hydrogen-bond acceptors (Lipinski definition) is 6. The van der Waals surface area contributed by atoms with Crippen LogP contribution in [0.5, 0.6) is 0 Å². The lowest BCUT2D eigenvalue weighted by Gasteiger charge is -2.18. The number of amides is 1. The van der Waals surface area contributed by atoms with E-state index < -0.39 is 10.0 Å². The van der Waals surface area contributed by atoms with Crippen molar-refractivity contribution in [1.29, 1.82) is 0 Å². The molecule has 1 amide bonds. The first-order valence-electron chi connectivity index (χ1n) is 10.4. The Kier molecular flexibility index (Phi) is 7.30. The van der Waals surface area contributed by atoms with Crippen molar-refractivity contribution in [3.8, 4) is 0 Å². The highest BCUT2D eigenvalue weighted by molar-refractivity contribution is 7.99. The predicted molar refractivity (Wildman–Crippen MR) is 128 cm³/mol. The van der Waals surface area contributed by atoms with E-state index in [0.717, 1.165) is 23.3 Å². The van der Waals surface area contributed by atoms with Gasteiger partial charge in [-0.25, -0.2) is 13.4 Å². The van der Waals surface area contributed by atoms with Gasteiger partial charge in [0.25, 0.3) is 0 Å². The fourth-order valence-electron chi connectivity index (χ4n) is 3.56. The van der Waals surface area contributed by atoms with Gasteiger partial charge in [-0.2, -0.15) is 4.31 Å². The van der Waals surface area contributed by atoms with Gasteiger partial charge in [0.05, 0.1) is 16.8 Å². The van der Waals surface area contributed by atoms with Crippen LogP contribution in [0, 0.1) is 6.92 Å². The monoisotopic (exact) mass is 487 g/mol. The molecule has 3 aromatic rings. The zero-order valence-electron chi connectivity index (χ0n) is 17.7. The summed E-state index contributed by atoms with van der Waals surface area (Å²) in [6.45, 7) is 3.16. The number of pyridine rings is 1. The fraction of sp³-hybridized carbons (Fsp3) is 0.304. The molecule has 1 aromatic carbocycles. The Labute approximate surface area is 197 Å². The molecule has 1 atom stereocenters. The molecule has 0 radical (unpaired) electrons. The van der Waals surface area contributed by atoms with E-state index in [0.29, 0.717) is 18.1 Å². The zero-order chi connectivity index (χ0) is 22.6. The molecule has 168 valence electrons. The van der Waals surface area contributed by atoms with Crippen LogP contribution in [0.3, 0.4) is 0 Å². The predicted octanol–water partition coefficient (Wildman–Crippen LogP) is 4.23. The van der Waals surface area contributed by atoms with Crippen LogP contribution in [0.25, 0.3) is 0 Å². The molecule has 1 aliphatic heterocycles. The molecule has 6 nitrogen and oxygen atoms in total. The van der Waals surface area contributed by atoms with Gasteiger partial charge in [-0.3, -0.25) is 4.79 Å². The van der Waals surface area contributed by atoms with Crippen LogP contribution in [-0.4, -0.2) is 42.5 Å². The van der Waals surface area contributed by atoms with Crippen LogP contribution >= 0.6 is 23.1 Å². The van der Waals surface area contributed by atoms with E-state index >= 15 is 0 Å². The summed E-state index contributed by atoms with van der Waals surface area (Å²) in [4.78, 5) is 18.2. The Morgan fingerprint density at radius 3 is 2.53 bits per heavy atom. The third-order valence-corrected chi connectivity index (χ3v) is 9.07. The number of carbonyl (C=O) groups is 1. The van der Waals surface area contributed by atoms with Crippen LogP contribution in [0.4, 0.5) is 0 Å². The number of aromatic nitrogens is 1. The highest BCUT2D eigenvalue weighted by Gasteiger charge is 2.27. The maximum absolute atomic E-state index is 12.7. The quantitative estimate of drug-likeness (QED) is 0.481. The molecular weight excluding hydrogens is 462 g/mol. The van der Waals surface area contributed by atoms with Gasteiger partial charge in [0.15, 0.2) is 0 Å². The number of aryl methyl sites for hydroxylation is 1. The largest absolute Gasteiger partial charge is 0.344 e.